The van der Waals surface area contributed by atoms with Gasteiger partial charge in [-0.15, -0.1) is 0 Å². The first-order chi connectivity index (χ1) is 13.6. The molecule has 3 rings (SSSR count). The number of allylic oxidation sites excluding steroid dienone is 1. The second kappa shape index (κ2) is 8.05. The molecule has 7 nitrogen and oxygen atoms in total. The van der Waals surface area contributed by atoms with Gasteiger partial charge in [-0.1, -0.05) is 12.7 Å². The van der Waals surface area contributed by atoms with Gasteiger partial charge in [-0.25, -0.2) is 9.59 Å². The van der Waals surface area contributed by atoms with Gasteiger partial charge in [0.2, 0.25) is 0 Å². The number of carbonyl (C=O) groups excluding carboxylic acids is 2. The smallest absolute Gasteiger partial charge is 0.334 e. The Bertz CT molecular complexity index is 767. The molecule has 7 heteroatoms. The highest BCUT2D eigenvalue weighted by Gasteiger charge is 2.54. The molecule has 160 valence electrons. The Hall–Kier alpha value is -1.96. The fraction of sp³-hybridized carbons (Fsp3) is 0.636. The molecule has 2 fully saturated rings. The number of aliphatic hydroxyl groups is 1. The zero-order chi connectivity index (χ0) is 21.4. The maximum absolute atomic E-state index is 12.5. The average Bonchev–Trinajstić information content (AvgIpc) is 3.13. The van der Waals surface area contributed by atoms with Gasteiger partial charge in [-0.3, -0.25) is 0 Å². The van der Waals surface area contributed by atoms with E-state index in [0.717, 1.165) is 0 Å². The van der Waals surface area contributed by atoms with E-state index in [9.17, 15) is 14.7 Å². The van der Waals surface area contributed by atoms with Gasteiger partial charge < -0.3 is 24.1 Å². The van der Waals surface area contributed by atoms with E-state index in [1.54, 1.807) is 26.0 Å². The summed E-state index contributed by atoms with van der Waals surface area (Å²) in [6.45, 7) is 11.7. The van der Waals surface area contributed by atoms with Crippen molar-refractivity contribution >= 4 is 11.9 Å². The molecular formula is C22H30O7. The maximum Gasteiger partial charge on any atom is 0.334 e. The summed E-state index contributed by atoms with van der Waals surface area (Å²) in [5.41, 5.74) is 0.498. The fourth-order valence-corrected chi connectivity index (χ4v) is 4.21. The fourth-order valence-electron chi connectivity index (χ4n) is 4.21. The van der Waals surface area contributed by atoms with Gasteiger partial charge in [0.05, 0.1) is 18.1 Å². The van der Waals surface area contributed by atoms with Gasteiger partial charge in [0.25, 0.3) is 0 Å². The lowest BCUT2D eigenvalue weighted by Gasteiger charge is -2.33. The van der Waals surface area contributed by atoms with Crippen molar-refractivity contribution in [1.29, 1.82) is 0 Å². The van der Waals surface area contributed by atoms with Crippen LogP contribution in [-0.4, -0.2) is 53.9 Å². The van der Waals surface area contributed by atoms with E-state index < -0.39 is 41.5 Å². The maximum atomic E-state index is 12.5. The Labute approximate surface area is 171 Å². The van der Waals surface area contributed by atoms with Crippen molar-refractivity contribution in [2.24, 2.45) is 5.92 Å². The van der Waals surface area contributed by atoms with Crippen molar-refractivity contribution in [2.75, 3.05) is 13.2 Å². The van der Waals surface area contributed by atoms with Crippen LogP contribution in [0.4, 0.5) is 0 Å². The molecule has 2 saturated heterocycles. The van der Waals surface area contributed by atoms with Gasteiger partial charge in [-0.05, 0) is 40.2 Å². The molecule has 0 saturated carbocycles. The van der Waals surface area contributed by atoms with Gasteiger partial charge in [0.1, 0.15) is 12.2 Å². The summed E-state index contributed by atoms with van der Waals surface area (Å²) in [6.07, 6.45) is 3.21. The van der Waals surface area contributed by atoms with Crippen molar-refractivity contribution < 1.29 is 33.6 Å². The minimum Gasteiger partial charge on any atom is -0.458 e. The van der Waals surface area contributed by atoms with Crippen LogP contribution < -0.4 is 0 Å². The highest BCUT2D eigenvalue weighted by Crippen LogP contribution is 2.48. The lowest BCUT2D eigenvalue weighted by molar-refractivity contribution is -0.205. The molecule has 0 spiro atoms. The normalized spacial score (nSPS) is 37.2. The van der Waals surface area contributed by atoms with E-state index in [1.165, 1.54) is 0 Å². The van der Waals surface area contributed by atoms with E-state index in [2.05, 4.69) is 6.58 Å². The highest BCUT2D eigenvalue weighted by atomic mass is 16.6. The lowest BCUT2D eigenvalue weighted by Crippen LogP contribution is -2.40. The number of fused-ring (bicyclic) bond motifs is 3. The predicted octanol–water partition coefficient (Wildman–Crippen LogP) is 2.59. The largest absolute Gasteiger partial charge is 0.458 e. The summed E-state index contributed by atoms with van der Waals surface area (Å²) in [4.78, 5) is 24.8. The second-order valence-corrected chi connectivity index (χ2v) is 8.21. The van der Waals surface area contributed by atoms with Gasteiger partial charge >= 0.3 is 11.9 Å². The van der Waals surface area contributed by atoms with Crippen molar-refractivity contribution in [1.82, 2.24) is 0 Å². The van der Waals surface area contributed by atoms with E-state index in [4.69, 9.17) is 18.9 Å². The van der Waals surface area contributed by atoms with Crippen LogP contribution in [0.15, 0.2) is 35.5 Å². The zero-order valence-corrected chi connectivity index (χ0v) is 17.5. The molecule has 1 N–H and O–H groups in total. The molecule has 0 radical (unpaired) electrons. The molecule has 0 amide bonds. The van der Waals surface area contributed by atoms with Crippen molar-refractivity contribution in [3.8, 4) is 0 Å². The first kappa shape index (κ1) is 21.7. The summed E-state index contributed by atoms with van der Waals surface area (Å²) < 4.78 is 23.0. The SMILES string of the molecule is C=C1C(=O)OC2C=C(COCC)C3(O)CCC(C)(CC(OC(=O)C(C)=CC)C12)O3. The molecule has 2 bridgehead atoms. The third-order valence-corrected chi connectivity index (χ3v) is 6.05. The molecule has 0 aromatic carbocycles. The Morgan fingerprint density at radius 1 is 1.45 bits per heavy atom. The molecule has 3 heterocycles. The monoisotopic (exact) mass is 406 g/mol. The Morgan fingerprint density at radius 3 is 2.83 bits per heavy atom. The molecule has 29 heavy (non-hydrogen) atoms. The standard InChI is InChI=1S/C22H30O7/c1-6-13(3)19(23)28-17-11-21(5)8-9-22(25,29-21)15(12-26-7-2)10-16-18(17)14(4)20(24)27-16/h6,10,16-18,25H,4,7-9,11-12H2,1-3,5H3. The topological polar surface area (TPSA) is 91.3 Å². The number of esters is 2. The van der Waals surface area contributed by atoms with Crippen molar-refractivity contribution in [3.63, 3.8) is 0 Å². The summed E-state index contributed by atoms with van der Waals surface area (Å²) in [5.74, 6) is -3.06. The summed E-state index contributed by atoms with van der Waals surface area (Å²) in [5, 5.41) is 11.2. The summed E-state index contributed by atoms with van der Waals surface area (Å²) in [7, 11) is 0. The van der Waals surface area contributed by atoms with E-state index in [1.807, 2.05) is 13.8 Å². The summed E-state index contributed by atoms with van der Waals surface area (Å²) in [6, 6.07) is 0. The van der Waals surface area contributed by atoms with Crippen LogP contribution in [0.3, 0.4) is 0 Å². The number of hydrogen-bond acceptors (Lipinski definition) is 7. The van der Waals surface area contributed by atoms with Crippen LogP contribution >= 0.6 is 0 Å². The summed E-state index contributed by atoms with van der Waals surface area (Å²) >= 11 is 0. The van der Waals surface area contributed by atoms with Crippen molar-refractivity contribution in [3.05, 3.63) is 35.5 Å². The third kappa shape index (κ3) is 4.17. The van der Waals surface area contributed by atoms with Crippen LogP contribution in [0.1, 0.15) is 47.0 Å². The van der Waals surface area contributed by atoms with Gasteiger partial charge in [0.15, 0.2) is 5.79 Å². The van der Waals surface area contributed by atoms with Gasteiger partial charge in [0, 0.05) is 36.2 Å². The number of ether oxygens (including phenoxy) is 4. The molecular weight excluding hydrogens is 376 g/mol. The molecule has 0 aliphatic carbocycles. The quantitative estimate of drug-likeness (QED) is 0.426. The number of rotatable bonds is 5. The number of carbonyl (C=O) groups is 2. The highest BCUT2D eigenvalue weighted by molar-refractivity contribution is 5.92. The van der Waals surface area contributed by atoms with Crippen LogP contribution in [-0.2, 0) is 28.5 Å². The minimum absolute atomic E-state index is 0.151. The number of hydrogen-bond donors (Lipinski definition) is 1. The molecule has 3 aliphatic heterocycles. The van der Waals surface area contributed by atoms with Crippen LogP contribution in [0.5, 0.6) is 0 Å². The van der Waals surface area contributed by atoms with Crippen LogP contribution in [0.25, 0.3) is 0 Å². The average molecular weight is 406 g/mol. The third-order valence-electron chi connectivity index (χ3n) is 6.05. The van der Waals surface area contributed by atoms with Crippen LogP contribution in [0.2, 0.25) is 0 Å². The molecule has 0 aromatic rings. The van der Waals surface area contributed by atoms with Crippen molar-refractivity contribution in [2.45, 2.75) is 70.6 Å². The molecule has 5 unspecified atom stereocenters. The Balaban J connectivity index is 2.04. The Kier molecular flexibility index (Phi) is 6.03. The second-order valence-electron chi connectivity index (χ2n) is 8.21. The molecule has 0 aromatic heterocycles. The zero-order valence-electron chi connectivity index (χ0n) is 17.5. The predicted molar refractivity (Wildman–Crippen MR) is 105 cm³/mol. The molecule has 5 atom stereocenters. The molecule has 3 aliphatic rings. The first-order valence-corrected chi connectivity index (χ1v) is 10.1. The first-order valence-electron chi connectivity index (χ1n) is 10.1. The minimum atomic E-state index is -1.51. The van der Waals surface area contributed by atoms with E-state index in [-0.39, 0.29) is 12.2 Å². The van der Waals surface area contributed by atoms with Crippen LogP contribution in [0, 0.1) is 5.92 Å². The lowest BCUT2D eigenvalue weighted by atomic mass is 9.81. The van der Waals surface area contributed by atoms with Gasteiger partial charge in [-0.2, -0.15) is 0 Å². The van der Waals surface area contributed by atoms with E-state index >= 15 is 0 Å². The Morgan fingerprint density at radius 2 is 2.17 bits per heavy atom. The van der Waals surface area contributed by atoms with E-state index in [0.29, 0.717) is 37.0 Å².